The molecular formula is C22H29N3O3S. The molecule has 2 aromatic carbocycles. The summed E-state index contributed by atoms with van der Waals surface area (Å²) >= 11 is 0. The lowest BCUT2D eigenvalue weighted by molar-refractivity contribution is 0.0920. The molecule has 156 valence electrons. The van der Waals surface area contributed by atoms with Crippen LogP contribution in [0.4, 0.5) is 0 Å². The molecule has 0 saturated carbocycles. The van der Waals surface area contributed by atoms with Gasteiger partial charge in [0.2, 0.25) is 10.0 Å². The Morgan fingerprint density at radius 1 is 1.24 bits per heavy atom. The average molecular weight is 416 g/mol. The van der Waals surface area contributed by atoms with Crippen molar-refractivity contribution in [1.29, 1.82) is 0 Å². The van der Waals surface area contributed by atoms with Crippen LogP contribution >= 0.6 is 0 Å². The predicted molar refractivity (Wildman–Crippen MR) is 113 cm³/mol. The van der Waals surface area contributed by atoms with Crippen molar-refractivity contribution in [3.8, 4) is 5.75 Å². The summed E-state index contributed by atoms with van der Waals surface area (Å²) in [6.07, 6.45) is 3.58. The molecule has 6 nitrogen and oxygen atoms in total. The van der Waals surface area contributed by atoms with Crippen LogP contribution in [-0.2, 0) is 22.9 Å². The van der Waals surface area contributed by atoms with E-state index in [0.29, 0.717) is 4.90 Å². The van der Waals surface area contributed by atoms with Crippen LogP contribution in [0.5, 0.6) is 5.75 Å². The predicted octanol–water partition coefficient (Wildman–Crippen LogP) is 2.79. The second kappa shape index (κ2) is 8.07. The molecule has 0 amide bonds. The number of nitrogens with one attached hydrogen (secondary N) is 1. The summed E-state index contributed by atoms with van der Waals surface area (Å²) in [4.78, 5) is 0.308. The van der Waals surface area contributed by atoms with E-state index in [2.05, 4.69) is 16.9 Å². The van der Waals surface area contributed by atoms with Crippen molar-refractivity contribution in [2.24, 2.45) is 11.8 Å². The van der Waals surface area contributed by atoms with Gasteiger partial charge in [0.15, 0.2) is 0 Å². The Bertz CT molecular complexity index is 978. The van der Waals surface area contributed by atoms with Crippen molar-refractivity contribution in [3.63, 3.8) is 0 Å². The molecule has 0 bridgehead atoms. The van der Waals surface area contributed by atoms with Gasteiger partial charge in [-0.3, -0.25) is 5.84 Å². The normalized spacial score (nSPS) is 24.9. The zero-order valence-corrected chi connectivity index (χ0v) is 17.8. The first-order chi connectivity index (χ1) is 13.9. The third kappa shape index (κ3) is 4.05. The van der Waals surface area contributed by atoms with Crippen LogP contribution in [0.3, 0.4) is 0 Å². The van der Waals surface area contributed by atoms with Gasteiger partial charge in [-0.15, -0.1) is 0 Å². The van der Waals surface area contributed by atoms with Gasteiger partial charge in [-0.05, 0) is 68.0 Å². The lowest BCUT2D eigenvalue weighted by Crippen LogP contribution is -2.44. The highest BCUT2D eigenvalue weighted by molar-refractivity contribution is 7.89. The van der Waals surface area contributed by atoms with Gasteiger partial charge in [0.05, 0.1) is 10.9 Å². The van der Waals surface area contributed by atoms with Gasteiger partial charge < -0.3 is 4.74 Å². The van der Waals surface area contributed by atoms with Gasteiger partial charge in [0, 0.05) is 13.0 Å². The number of hydrogen-bond donors (Lipinski definition) is 2. The molecule has 29 heavy (non-hydrogen) atoms. The second-order valence-electron chi connectivity index (χ2n) is 8.11. The smallest absolute Gasteiger partial charge is 0.240 e. The van der Waals surface area contributed by atoms with E-state index in [1.165, 1.54) is 12.6 Å². The summed E-state index contributed by atoms with van der Waals surface area (Å²) in [5.41, 5.74) is 3.13. The first-order valence-corrected chi connectivity index (χ1v) is 11.7. The van der Waals surface area contributed by atoms with E-state index >= 15 is 0 Å². The standard InChI is InChI=1S/C22H29N3O3S/c1-15-11-18-13-20(29(26,27)24-2)14-19(22(18)28-15)12-17-9-6-10-25(23)21(17)16-7-4-3-5-8-16/h3-5,7-8,13-15,17,21,24H,6,9-12,23H2,1-2H3/t15-,17-,21?/m0/s1. The molecule has 3 atom stereocenters. The number of nitrogens with zero attached hydrogens (tertiary/aromatic N) is 1. The molecule has 4 rings (SSSR count). The van der Waals surface area contributed by atoms with E-state index in [1.54, 1.807) is 12.1 Å². The van der Waals surface area contributed by atoms with Crippen LogP contribution in [0.15, 0.2) is 47.4 Å². The molecule has 2 aliphatic rings. The average Bonchev–Trinajstić information content (AvgIpc) is 3.09. The van der Waals surface area contributed by atoms with Gasteiger partial charge in [-0.25, -0.2) is 18.1 Å². The minimum absolute atomic E-state index is 0.0542. The van der Waals surface area contributed by atoms with Crippen molar-refractivity contribution in [1.82, 2.24) is 9.73 Å². The zero-order chi connectivity index (χ0) is 20.6. The van der Waals surface area contributed by atoms with Crippen molar-refractivity contribution in [2.45, 2.75) is 49.6 Å². The molecule has 0 radical (unpaired) electrons. The Morgan fingerprint density at radius 2 is 2.00 bits per heavy atom. The van der Waals surface area contributed by atoms with Crippen molar-refractivity contribution < 1.29 is 13.2 Å². The van der Waals surface area contributed by atoms with E-state index in [1.807, 2.05) is 30.1 Å². The molecule has 1 saturated heterocycles. The van der Waals surface area contributed by atoms with Crippen LogP contribution in [0.1, 0.15) is 42.5 Å². The summed E-state index contributed by atoms with van der Waals surface area (Å²) in [5.74, 6) is 7.55. The number of fused-ring (bicyclic) bond motifs is 1. The lowest BCUT2D eigenvalue weighted by atomic mass is 9.81. The maximum Gasteiger partial charge on any atom is 0.240 e. The van der Waals surface area contributed by atoms with Gasteiger partial charge in [0.25, 0.3) is 0 Å². The topological polar surface area (TPSA) is 84.7 Å². The van der Waals surface area contributed by atoms with Crippen molar-refractivity contribution in [2.75, 3.05) is 13.6 Å². The summed E-state index contributed by atoms with van der Waals surface area (Å²) in [7, 11) is -2.07. The highest BCUT2D eigenvalue weighted by atomic mass is 32.2. The molecule has 0 aliphatic carbocycles. The van der Waals surface area contributed by atoms with Crippen LogP contribution < -0.4 is 15.3 Å². The molecule has 2 aromatic rings. The summed E-state index contributed by atoms with van der Waals surface area (Å²) in [6.45, 7) is 2.88. The van der Waals surface area contributed by atoms with Crippen molar-refractivity contribution in [3.05, 3.63) is 59.2 Å². The Kier molecular flexibility index (Phi) is 5.66. The molecule has 2 heterocycles. The first-order valence-electron chi connectivity index (χ1n) is 10.2. The molecule has 1 fully saturated rings. The van der Waals surface area contributed by atoms with E-state index in [4.69, 9.17) is 10.6 Å². The van der Waals surface area contributed by atoms with E-state index in [9.17, 15) is 8.42 Å². The Balaban J connectivity index is 1.73. The van der Waals surface area contributed by atoms with Crippen LogP contribution in [-0.4, -0.2) is 33.1 Å². The quantitative estimate of drug-likeness (QED) is 0.734. The van der Waals surface area contributed by atoms with Crippen LogP contribution in [0, 0.1) is 5.92 Å². The third-order valence-corrected chi connectivity index (χ3v) is 7.43. The molecule has 7 heteroatoms. The van der Waals surface area contributed by atoms with Gasteiger partial charge >= 0.3 is 0 Å². The minimum Gasteiger partial charge on any atom is -0.490 e. The number of rotatable bonds is 5. The molecule has 3 N–H and O–H groups in total. The Labute approximate surface area is 173 Å². The summed E-state index contributed by atoms with van der Waals surface area (Å²) in [5, 5.41) is 1.93. The monoisotopic (exact) mass is 415 g/mol. The third-order valence-electron chi connectivity index (χ3n) is 6.04. The highest BCUT2D eigenvalue weighted by Gasteiger charge is 2.34. The number of benzene rings is 2. The fourth-order valence-corrected chi connectivity index (χ4v) is 5.55. The maximum atomic E-state index is 12.5. The van der Waals surface area contributed by atoms with Crippen LogP contribution in [0.2, 0.25) is 0 Å². The summed E-state index contributed by atoms with van der Waals surface area (Å²) < 4.78 is 33.5. The second-order valence-corrected chi connectivity index (χ2v) is 10.00. The fraction of sp³-hybridized carbons (Fsp3) is 0.455. The number of ether oxygens (including phenoxy) is 1. The number of hydrazine groups is 1. The molecule has 0 aromatic heterocycles. The van der Waals surface area contributed by atoms with Gasteiger partial charge in [-0.1, -0.05) is 30.3 Å². The molecule has 1 unspecified atom stereocenters. The fourth-order valence-electron chi connectivity index (χ4n) is 4.72. The van der Waals surface area contributed by atoms with E-state index < -0.39 is 10.0 Å². The zero-order valence-electron chi connectivity index (χ0n) is 17.0. The highest BCUT2D eigenvalue weighted by Crippen LogP contribution is 2.41. The molecule has 2 aliphatic heterocycles. The van der Waals surface area contributed by atoms with E-state index in [0.717, 1.165) is 49.1 Å². The Hall–Kier alpha value is -1.93. The van der Waals surface area contributed by atoms with Crippen molar-refractivity contribution >= 4 is 10.0 Å². The number of sulfonamides is 1. The van der Waals surface area contributed by atoms with Crippen LogP contribution in [0.25, 0.3) is 0 Å². The largest absolute Gasteiger partial charge is 0.490 e. The SMILES string of the molecule is CNS(=O)(=O)c1cc(C[C@@H]2CCCN(N)C2c2ccccc2)c2c(c1)C[C@H](C)O2. The van der Waals surface area contributed by atoms with E-state index in [-0.39, 0.29) is 18.1 Å². The number of nitrogens with two attached hydrogens (primary N) is 1. The molecular weight excluding hydrogens is 386 g/mol. The minimum atomic E-state index is -3.52. The maximum absolute atomic E-state index is 12.5. The number of hydrogen-bond acceptors (Lipinski definition) is 5. The van der Waals surface area contributed by atoms with Gasteiger partial charge in [-0.2, -0.15) is 0 Å². The Morgan fingerprint density at radius 3 is 2.72 bits per heavy atom. The first kappa shape index (κ1) is 20.3. The number of piperidine rings is 1. The molecule has 0 spiro atoms. The summed E-state index contributed by atoms with van der Waals surface area (Å²) in [6, 6.07) is 14.0. The van der Waals surface area contributed by atoms with Gasteiger partial charge in [0.1, 0.15) is 11.9 Å². The lowest BCUT2D eigenvalue weighted by Gasteiger charge is -2.39.